The maximum Gasteiger partial charge on any atom is 0.137 e. The molecule has 0 spiro atoms. The number of aromatic hydroxyl groups is 1. The van der Waals surface area contributed by atoms with Gasteiger partial charge in [0.25, 0.3) is 0 Å². The zero-order chi connectivity index (χ0) is 11.7. The van der Waals surface area contributed by atoms with Crippen LogP contribution in [0.3, 0.4) is 0 Å². The number of aromatic nitrogens is 1. The van der Waals surface area contributed by atoms with E-state index in [0.29, 0.717) is 5.02 Å². The molecule has 1 unspecified atom stereocenters. The molecule has 1 N–H and O–H groups in total. The molecule has 1 heterocycles. The zero-order valence-corrected chi connectivity index (χ0v) is 10.1. The molecule has 16 heavy (non-hydrogen) atoms. The predicted molar refractivity (Wildman–Crippen MR) is 67.1 cm³/mol. The molecular formula is C13H14ClNO. The quantitative estimate of drug-likeness (QED) is 0.850. The SMILES string of the molecule is CCC(C)c1nc2c(Cl)cccc2cc1O. The van der Waals surface area contributed by atoms with Crippen LogP contribution in [0.25, 0.3) is 10.9 Å². The third kappa shape index (κ3) is 1.85. The van der Waals surface area contributed by atoms with Gasteiger partial charge < -0.3 is 5.11 Å². The monoisotopic (exact) mass is 235 g/mol. The maximum atomic E-state index is 9.90. The summed E-state index contributed by atoms with van der Waals surface area (Å²) in [5.41, 5.74) is 1.49. The highest BCUT2D eigenvalue weighted by atomic mass is 35.5. The van der Waals surface area contributed by atoms with Crippen LogP contribution in [0.15, 0.2) is 24.3 Å². The Bertz CT molecular complexity index is 525. The van der Waals surface area contributed by atoms with Crippen molar-refractivity contribution in [3.8, 4) is 5.75 Å². The van der Waals surface area contributed by atoms with Gasteiger partial charge in [0, 0.05) is 11.3 Å². The van der Waals surface area contributed by atoms with E-state index in [1.165, 1.54) is 0 Å². The Morgan fingerprint density at radius 3 is 2.88 bits per heavy atom. The molecular weight excluding hydrogens is 222 g/mol. The van der Waals surface area contributed by atoms with Crippen molar-refractivity contribution in [3.05, 3.63) is 35.0 Å². The van der Waals surface area contributed by atoms with Crippen LogP contribution in [0.4, 0.5) is 0 Å². The van der Waals surface area contributed by atoms with Gasteiger partial charge in [-0.2, -0.15) is 0 Å². The minimum Gasteiger partial charge on any atom is -0.506 e. The second-order valence-corrected chi connectivity index (χ2v) is 4.42. The van der Waals surface area contributed by atoms with Gasteiger partial charge in [0.2, 0.25) is 0 Å². The number of benzene rings is 1. The average Bonchev–Trinajstić information content (AvgIpc) is 2.28. The van der Waals surface area contributed by atoms with Gasteiger partial charge in [-0.3, -0.25) is 0 Å². The largest absolute Gasteiger partial charge is 0.506 e. The van der Waals surface area contributed by atoms with Crippen LogP contribution in [-0.4, -0.2) is 10.1 Å². The molecule has 0 bridgehead atoms. The minimum absolute atomic E-state index is 0.237. The first-order chi connectivity index (χ1) is 7.63. The molecule has 0 aliphatic heterocycles. The summed E-state index contributed by atoms with van der Waals surface area (Å²) in [4.78, 5) is 4.46. The predicted octanol–water partition coefficient (Wildman–Crippen LogP) is 4.11. The molecule has 2 aromatic rings. The van der Waals surface area contributed by atoms with Gasteiger partial charge in [-0.05, 0) is 18.6 Å². The first-order valence-electron chi connectivity index (χ1n) is 5.41. The molecule has 3 heteroatoms. The van der Waals surface area contributed by atoms with Gasteiger partial charge in [-0.25, -0.2) is 4.98 Å². The van der Waals surface area contributed by atoms with E-state index < -0.39 is 0 Å². The molecule has 2 rings (SSSR count). The number of hydrogen-bond donors (Lipinski definition) is 1. The van der Waals surface area contributed by atoms with Crippen molar-refractivity contribution in [2.24, 2.45) is 0 Å². The van der Waals surface area contributed by atoms with E-state index in [9.17, 15) is 5.11 Å². The second kappa shape index (κ2) is 4.30. The number of pyridine rings is 1. The number of hydrogen-bond acceptors (Lipinski definition) is 2. The lowest BCUT2D eigenvalue weighted by Gasteiger charge is -2.11. The Hall–Kier alpha value is -1.28. The lowest BCUT2D eigenvalue weighted by atomic mass is 10.0. The normalized spacial score (nSPS) is 12.9. The molecule has 1 aromatic carbocycles. The van der Waals surface area contributed by atoms with E-state index in [1.807, 2.05) is 25.1 Å². The molecule has 84 valence electrons. The van der Waals surface area contributed by atoms with E-state index in [4.69, 9.17) is 11.6 Å². The lowest BCUT2D eigenvalue weighted by molar-refractivity contribution is 0.458. The molecule has 0 saturated carbocycles. The molecule has 1 atom stereocenters. The summed E-state index contributed by atoms with van der Waals surface area (Å²) in [5, 5.41) is 11.4. The summed E-state index contributed by atoms with van der Waals surface area (Å²) in [5.74, 6) is 0.491. The summed E-state index contributed by atoms with van der Waals surface area (Å²) in [6, 6.07) is 7.30. The number of para-hydroxylation sites is 1. The van der Waals surface area contributed by atoms with Crippen molar-refractivity contribution in [2.75, 3.05) is 0 Å². The van der Waals surface area contributed by atoms with Crippen molar-refractivity contribution in [2.45, 2.75) is 26.2 Å². The van der Waals surface area contributed by atoms with Crippen LogP contribution in [0.2, 0.25) is 5.02 Å². The van der Waals surface area contributed by atoms with Crippen molar-refractivity contribution in [1.82, 2.24) is 4.98 Å². The third-order valence-corrected chi connectivity index (χ3v) is 3.19. The Kier molecular flexibility index (Phi) is 3.01. The summed E-state index contributed by atoms with van der Waals surface area (Å²) in [6.45, 7) is 4.12. The fourth-order valence-electron chi connectivity index (χ4n) is 1.72. The molecule has 0 aliphatic rings. The topological polar surface area (TPSA) is 33.1 Å². The second-order valence-electron chi connectivity index (χ2n) is 4.01. The Morgan fingerprint density at radius 1 is 1.44 bits per heavy atom. The van der Waals surface area contributed by atoms with Gasteiger partial charge in [-0.15, -0.1) is 0 Å². The van der Waals surface area contributed by atoms with Gasteiger partial charge in [0.15, 0.2) is 0 Å². The van der Waals surface area contributed by atoms with Crippen LogP contribution in [0, 0.1) is 0 Å². The summed E-state index contributed by atoms with van der Waals surface area (Å²) >= 11 is 6.09. The summed E-state index contributed by atoms with van der Waals surface area (Å²) in [6.07, 6.45) is 0.941. The number of halogens is 1. The summed E-state index contributed by atoms with van der Waals surface area (Å²) < 4.78 is 0. The van der Waals surface area contributed by atoms with E-state index >= 15 is 0 Å². The Balaban J connectivity index is 2.69. The van der Waals surface area contributed by atoms with Gasteiger partial charge in [-0.1, -0.05) is 37.6 Å². The smallest absolute Gasteiger partial charge is 0.137 e. The van der Waals surface area contributed by atoms with Crippen molar-refractivity contribution >= 4 is 22.5 Å². The van der Waals surface area contributed by atoms with E-state index in [2.05, 4.69) is 11.9 Å². The Morgan fingerprint density at radius 2 is 2.19 bits per heavy atom. The van der Waals surface area contributed by atoms with Gasteiger partial charge in [0.1, 0.15) is 5.75 Å². The van der Waals surface area contributed by atoms with Crippen LogP contribution in [0.1, 0.15) is 31.9 Å². The van der Waals surface area contributed by atoms with E-state index in [1.54, 1.807) is 6.07 Å². The van der Waals surface area contributed by atoms with Crippen molar-refractivity contribution in [3.63, 3.8) is 0 Å². The van der Waals surface area contributed by atoms with E-state index in [-0.39, 0.29) is 11.7 Å². The first-order valence-corrected chi connectivity index (χ1v) is 5.79. The molecule has 0 saturated heterocycles. The van der Waals surface area contributed by atoms with Crippen molar-refractivity contribution < 1.29 is 5.11 Å². The molecule has 0 amide bonds. The fourth-order valence-corrected chi connectivity index (χ4v) is 1.95. The summed E-state index contributed by atoms with van der Waals surface area (Å²) in [7, 11) is 0. The Labute approximate surface area is 99.9 Å². The fraction of sp³-hybridized carbons (Fsp3) is 0.308. The lowest BCUT2D eigenvalue weighted by Crippen LogP contribution is -1.97. The van der Waals surface area contributed by atoms with E-state index in [0.717, 1.165) is 23.0 Å². The maximum absolute atomic E-state index is 9.90. The molecule has 1 aromatic heterocycles. The highest BCUT2D eigenvalue weighted by Gasteiger charge is 2.12. The van der Waals surface area contributed by atoms with Crippen LogP contribution in [0.5, 0.6) is 5.75 Å². The molecule has 0 aliphatic carbocycles. The standard InChI is InChI=1S/C13H14ClNO/c1-3-8(2)12-11(16)7-9-5-4-6-10(14)13(9)15-12/h4-8,16H,3H2,1-2H3. The van der Waals surface area contributed by atoms with Crippen LogP contribution >= 0.6 is 11.6 Å². The van der Waals surface area contributed by atoms with Crippen molar-refractivity contribution in [1.29, 1.82) is 0 Å². The molecule has 2 nitrogen and oxygen atoms in total. The number of fused-ring (bicyclic) bond motifs is 1. The minimum atomic E-state index is 0.237. The van der Waals surface area contributed by atoms with Crippen LogP contribution < -0.4 is 0 Å². The van der Waals surface area contributed by atoms with Gasteiger partial charge >= 0.3 is 0 Å². The van der Waals surface area contributed by atoms with Gasteiger partial charge in [0.05, 0.1) is 16.2 Å². The molecule has 0 radical (unpaired) electrons. The average molecular weight is 236 g/mol. The third-order valence-electron chi connectivity index (χ3n) is 2.88. The first kappa shape index (κ1) is 11.2. The zero-order valence-electron chi connectivity index (χ0n) is 9.37. The number of nitrogens with zero attached hydrogens (tertiary/aromatic N) is 1. The number of rotatable bonds is 2. The highest BCUT2D eigenvalue weighted by molar-refractivity contribution is 6.35. The molecule has 0 fully saturated rings. The van der Waals surface area contributed by atoms with Crippen LogP contribution in [-0.2, 0) is 0 Å². The highest BCUT2D eigenvalue weighted by Crippen LogP contribution is 2.31.